The lowest BCUT2D eigenvalue weighted by molar-refractivity contribution is -0.131. The number of hydrogen-bond acceptors (Lipinski definition) is 2. The molecule has 5 heteroatoms. The van der Waals surface area contributed by atoms with Crippen LogP contribution in [0.1, 0.15) is 17.0 Å². The Bertz CT molecular complexity index is 659. The summed E-state index contributed by atoms with van der Waals surface area (Å²) in [7, 11) is 0. The van der Waals surface area contributed by atoms with Gasteiger partial charge in [-0.15, -0.1) is 0 Å². The molecule has 0 aliphatic carbocycles. The van der Waals surface area contributed by atoms with Gasteiger partial charge in [0.25, 0.3) is 0 Å². The molecule has 0 saturated carbocycles. The van der Waals surface area contributed by atoms with E-state index in [1.807, 2.05) is 13.8 Å². The highest BCUT2D eigenvalue weighted by Crippen LogP contribution is 2.18. The smallest absolute Gasteiger partial charge is 0.328 e. The molecule has 19 heavy (non-hydrogen) atoms. The van der Waals surface area contributed by atoms with Crippen LogP contribution in [0.3, 0.4) is 0 Å². The van der Waals surface area contributed by atoms with Crippen molar-refractivity contribution in [3.63, 3.8) is 0 Å². The van der Waals surface area contributed by atoms with Crippen LogP contribution < -0.4 is 0 Å². The minimum absolute atomic E-state index is 0.423. The van der Waals surface area contributed by atoms with E-state index in [1.165, 1.54) is 18.2 Å². The van der Waals surface area contributed by atoms with E-state index >= 15 is 0 Å². The lowest BCUT2D eigenvalue weighted by Gasteiger charge is -2.07. The molecule has 0 saturated heterocycles. The number of rotatable bonds is 3. The van der Waals surface area contributed by atoms with E-state index in [0.29, 0.717) is 11.3 Å². The summed E-state index contributed by atoms with van der Waals surface area (Å²) in [6, 6.07) is 4.37. The summed E-state index contributed by atoms with van der Waals surface area (Å²) < 4.78 is 15.3. The van der Waals surface area contributed by atoms with Gasteiger partial charge in [-0.1, -0.05) is 0 Å². The van der Waals surface area contributed by atoms with Gasteiger partial charge in [0.05, 0.1) is 17.7 Å². The summed E-state index contributed by atoms with van der Waals surface area (Å²) in [5.41, 5.74) is 2.89. The molecule has 0 spiro atoms. The number of aliphatic carboxylic acids is 1. The predicted octanol–water partition coefficient (Wildman–Crippen LogP) is 2.73. The second-order valence-corrected chi connectivity index (χ2v) is 4.20. The summed E-state index contributed by atoms with van der Waals surface area (Å²) in [5.74, 6) is -1.49. The molecule has 4 nitrogen and oxygen atoms in total. The van der Waals surface area contributed by atoms with Gasteiger partial charge in [0, 0.05) is 11.8 Å². The maximum absolute atomic E-state index is 13.6. The summed E-state index contributed by atoms with van der Waals surface area (Å²) in [5, 5.41) is 8.58. The standard InChI is InChI=1S/C14H13FN2O2/c1-9-10(2)17(8-16-9)13-6-11(3-4-14(18)19)5-12(15)7-13/h3-8H,1-2H3,(H,18,19)/b4-3+. The third kappa shape index (κ3) is 2.88. The number of aromatic nitrogens is 2. The lowest BCUT2D eigenvalue weighted by Crippen LogP contribution is -1.97. The fraction of sp³-hybridized carbons (Fsp3) is 0.143. The Balaban J connectivity index is 2.47. The van der Waals surface area contributed by atoms with Crippen LogP contribution in [-0.4, -0.2) is 20.6 Å². The third-order valence-corrected chi connectivity index (χ3v) is 2.85. The molecule has 1 N–H and O–H groups in total. The van der Waals surface area contributed by atoms with Crippen LogP contribution in [-0.2, 0) is 4.79 Å². The molecule has 0 aliphatic rings. The van der Waals surface area contributed by atoms with Crippen molar-refractivity contribution in [2.24, 2.45) is 0 Å². The summed E-state index contributed by atoms with van der Waals surface area (Å²) >= 11 is 0. The zero-order chi connectivity index (χ0) is 14.0. The van der Waals surface area contributed by atoms with Gasteiger partial charge in [0.2, 0.25) is 0 Å². The minimum atomic E-state index is -1.07. The quantitative estimate of drug-likeness (QED) is 0.863. The summed E-state index contributed by atoms with van der Waals surface area (Å²) in [4.78, 5) is 14.6. The van der Waals surface area contributed by atoms with Crippen LogP contribution >= 0.6 is 0 Å². The first kappa shape index (κ1) is 13.0. The van der Waals surface area contributed by atoms with E-state index in [0.717, 1.165) is 17.5 Å². The number of carboxylic acid groups (broad SMARTS) is 1. The molecular weight excluding hydrogens is 247 g/mol. The highest BCUT2D eigenvalue weighted by Gasteiger charge is 2.06. The van der Waals surface area contributed by atoms with Crippen molar-refractivity contribution in [1.29, 1.82) is 0 Å². The minimum Gasteiger partial charge on any atom is -0.478 e. The second-order valence-electron chi connectivity index (χ2n) is 4.20. The Kier molecular flexibility index (Phi) is 3.46. The number of halogens is 1. The normalized spacial score (nSPS) is 11.1. The Morgan fingerprint density at radius 3 is 2.68 bits per heavy atom. The fourth-order valence-corrected chi connectivity index (χ4v) is 1.76. The predicted molar refractivity (Wildman–Crippen MR) is 69.7 cm³/mol. The van der Waals surface area contributed by atoms with Gasteiger partial charge >= 0.3 is 5.97 Å². The van der Waals surface area contributed by atoms with Crippen LogP contribution in [0.25, 0.3) is 11.8 Å². The number of carboxylic acids is 1. The van der Waals surface area contributed by atoms with Crippen molar-refractivity contribution >= 4 is 12.0 Å². The van der Waals surface area contributed by atoms with Gasteiger partial charge in [0.15, 0.2) is 0 Å². The van der Waals surface area contributed by atoms with E-state index in [2.05, 4.69) is 4.98 Å². The third-order valence-electron chi connectivity index (χ3n) is 2.85. The van der Waals surface area contributed by atoms with Crippen molar-refractivity contribution in [2.75, 3.05) is 0 Å². The Hall–Kier alpha value is -2.43. The maximum atomic E-state index is 13.6. The molecule has 0 radical (unpaired) electrons. The number of imidazole rings is 1. The molecule has 98 valence electrons. The van der Waals surface area contributed by atoms with Crippen LogP contribution in [0.5, 0.6) is 0 Å². The average Bonchev–Trinajstić information content (AvgIpc) is 2.67. The number of aryl methyl sites for hydroxylation is 1. The molecule has 1 aromatic heterocycles. The first-order valence-corrected chi connectivity index (χ1v) is 5.70. The van der Waals surface area contributed by atoms with Gasteiger partial charge in [0.1, 0.15) is 5.82 Å². The number of benzene rings is 1. The second kappa shape index (κ2) is 5.06. The first-order valence-electron chi connectivity index (χ1n) is 5.70. The van der Waals surface area contributed by atoms with Crippen LogP contribution in [0.4, 0.5) is 4.39 Å². The first-order chi connectivity index (χ1) is 8.97. The largest absolute Gasteiger partial charge is 0.478 e. The molecule has 0 unspecified atom stereocenters. The van der Waals surface area contributed by atoms with E-state index in [4.69, 9.17) is 5.11 Å². The average molecular weight is 260 g/mol. The zero-order valence-corrected chi connectivity index (χ0v) is 10.6. The maximum Gasteiger partial charge on any atom is 0.328 e. The van der Waals surface area contributed by atoms with Gasteiger partial charge in [-0.05, 0) is 43.7 Å². The van der Waals surface area contributed by atoms with Gasteiger partial charge in [-0.2, -0.15) is 0 Å². The lowest BCUT2D eigenvalue weighted by atomic mass is 10.1. The van der Waals surface area contributed by atoms with Gasteiger partial charge in [-0.25, -0.2) is 14.2 Å². The molecule has 1 aromatic carbocycles. The van der Waals surface area contributed by atoms with Crippen molar-refractivity contribution in [3.8, 4) is 5.69 Å². The monoisotopic (exact) mass is 260 g/mol. The Morgan fingerprint density at radius 1 is 1.37 bits per heavy atom. The zero-order valence-electron chi connectivity index (χ0n) is 10.6. The molecule has 2 aromatic rings. The van der Waals surface area contributed by atoms with Gasteiger partial charge in [-0.3, -0.25) is 0 Å². The highest BCUT2D eigenvalue weighted by molar-refractivity contribution is 5.85. The van der Waals surface area contributed by atoms with Crippen molar-refractivity contribution < 1.29 is 14.3 Å². The number of hydrogen-bond donors (Lipinski definition) is 1. The molecule has 0 fully saturated rings. The number of nitrogens with zero attached hydrogens (tertiary/aromatic N) is 2. The summed E-state index contributed by atoms with van der Waals surface area (Å²) in [6.45, 7) is 3.76. The molecule has 2 rings (SSSR count). The topological polar surface area (TPSA) is 55.1 Å². The summed E-state index contributed by atoms with van der Waals surface area (Å²) in [6.07, 6.45) is 3.95. The Labute approximate surface area is 109 Å². The SMILES string of the molecule is Cc1ncn(-c2cc(F)cc(/C=C/C(=O)O)c2)c1C. The van der Waals surface area contributed by atoms with Crippen LogP contribution in [0, 0.1) is 19.7 Å². The molecule has 0 amide bonds. The molecule has 1 heterocycles. The van der Waals surface area contributed by atoms with Crippen molar-refractivity contribution in [3.05, 3.63) is 53.4 Å². The Morgan fingerprint density at radius 2 is 2.11 bits per heavy atom. The molecular formula is C14H13FN2O2. The van der Waals surface area contributed by atoms with Crippen LogP contribution in [0.2, 0.25) is 0 Å². The van der Waals surface area contributed by atoms with Crippen molar-refractivity contribution in [1.82, 2.24) is 9.55 Å². The number of carbonyl (C=O) groups is 1. The highest BCUT2D eigenvalue weighted by atomic mass is 19.1. The van der Waals surface area contributed by atoms with Gasteiger partial charge < -0.3 is 9.67 Å². The molecule has 0 atom stereocenters. The van der Waals surface area contributed by atoms with E-state index in [-0.39, 0.29) is 0 Å². The fourth-order valence-electron chi connectivity index (χ4n) is 1.76. The van der Waals surface area contributed by atoms with Crippen LogP contribution in [0.15, 0.2) is 30.6 Å². The van der Waals surface area contributed by atoms with E-state index in [9.17, 15) is 9.18 Å². The van der Waals surface area contributed by atoms with E-state index in [1.54, 1.807) is 17.0 Å². The molecule has 0 aliphatic heterocycles. The van der Waals surface area contributed by atoms with E-state index < -0.39 is 11.8 Å². The van der Waals surface area contributed by atoms with Crippen molar-refractivity contribution in [2.45, 2.75) is 13.8 Å². The molecule has 0 bridgehead atoms.